The normalized spacial score (nSPS) is 16.5. The van der Waals surface area contributed by atoms with E-state index in [9.17, 15) is 4.79 Å². The first-order chi connectivity index (χ1) is 9.99. The molecule has 1 aliphatic rings. The van der Waals surface area contributed by atoms with Crippen LogP contribution in [0.1, 0.15) is 25.3 Å². The van der Waals surface area contributed by atoms with Crippen molar-refractivity contribution in [1.82, 2.24) is 4.90 Å². The summed E-state index contributed by atoms with van der Waals surface area (Å²) < 4.78 is 0. The van der Waals surface area contributed by atoms with Gasteiger partial charge in [0.15, 0.2) is 0 Å². The molecule has 4 nitrogen and oxygen atoms in total. The minimum absolute atomic E-state index is 0.382. The number of carboxylic acid groups (broad SMARTS) is 1. The maximum Gasteiger partial charge on any atom is 0.307 e. The van der Waals surface area contributed by atoms with Gasteiger partial charge in [-0.3, -0.25) is 4.79 Å². The van der Waals surface area contributed by atoms with E-state index in [1.807, 2.05) is 24.1 Å². The van der Waals surface area contributed by atoms with E-state index in [0.717, 1.165) is 23.7 Å². The van der Waals surface area contributed by atoms with Gasteiger partial charge in [0.25, 0.3) is 0 Å². The first kappa shape index (κ1) is 16.1. The molecule has 0 radical (unpaired) electrons. The zero-order valence-electron chi connectivity index (χ0n) is 12.7. The standard InChI is InChI=1S/C16H23ClN2O2/c1-12(16(20)21)10-18(2)11-13-14(17)6-5-7-15(13)19-8-3-4-9-19/h5-7,12H,3-4,8-11H2,1-2H3,(H,20,21). The van der Waals surface area contributed by atoms with Crippen LogP contribution in [0.2, 0.25) is 5.02 Å². The van der Waals surface area contributed by atoms with Crippen LogP contribution in [-0.2, 0) is 11.3 Å². The Morgan fingerprint density at radius 2 is 2.10 bits per heavy atom. The van der Waals surface area contributed by atoms with Gasteiger partial charge in [0.1, 0.15) is 0 Å². The minimum Gasteiger partial charge on any atom is -0.481 e. The number of benzene rings is 1. The van der Waals surface area contributed by atoms with Crippen molar-refractivity contribution in [3.05, 3.63) is 28.8 Å². The highest BCUT2D eigenvalue weighted by molar-refractivity contribution is 6.31. The lowest BCUT2D eigenvalue weighted by molar-refractivity contribution is -0.141. The Labute approximate surface area is 131 Å². The Bertz CT molecular complexity index is 501. The van der Waals surface area contributed by atoms with E-state index in [1.165, 1.54) is 18.5 Å². The zero-order chi connectivity index (χ0) is 15.4. The third-order valence-corrected chi connectivity index (χ3v) is 4.33. The van der Waals surface area contributed by atoms with Crippen molar-refractivity contribution in [1.29, 1.82) is 0 Å². The van der Waals surface area contributed by atoms with Crippen molar-refractivity contribution in [2.45, 2.75) is 26.3 Å². The van der Waals surface area contributed by atoms with Gasteiger partial charge in [-0.05, 0) is 32.0 Å². The monoisotopic (exact) mass is 310 g/mol. The number of hydrogen-bond donors (Lipinski definition) is 1. The van der Waals surface area contributed by atoms with Crippen LogP contribution in [0.25, 0.3) is 0 Å². The number of anilines is 1. The molecule has 1 heterocycles. The molecule has 1 fully saturated rings. The summed E-state index contributed by atoms with van der Waals surface area (Å²) in [4.78, 5) is 15.4. The quantitative estimate of drug-likeness (QED) is 0.877. The Balaban J connectivity index is 2.13. The number of rotatable bonds is 6. The molecule has 1 unspecified atom stereocenters. The highest BCUT2D eigenvalue weighted by Crippen LogP contribution is 2.31. The van der Waals surface area contributed by atoms with Crippen molar-refractivity contribution in [3.63, 3.8) is 0 Å². The fraction of sp³-hybridized carbons (Fsp3) is 0.562. The number of nitrogens with zero attached hydrogens (tertiary/aromatic N) is 2. The first-order valence-electron chi connectivity index (χ1n) is 7.42. The second-order valence-electron chi connectivity index (χ2n) is 5.87. The van der Waals surface area contributed by atoms with Gasteiger partial charge in [0.2, 0.25) is 0 Å². The molecule has 1 N–H and O–H groups in total. The maximum absolute atomic E-state index is 11.0. The average Bonchev–Trinajstić information content (AvgIpc) is 2.94. The molecule has 0 amide bonds. The molecule has 5 heteroatoms. The molecule has 0 aliphatic carbocycles. The Hall–Kier alpha value is -1.26. The van der Waals surface area contributed by atoms with E-state index in [1.54, 1.807) is 6.92 Å². The summed E-state index contributed by atoms with van der Waals surface area (Å²) in [7, 11) is 1.94. The molecule has 0 bridgehead atoms. The largest absolute Gasteiger partial charge is 0.481 e. The highest BCUT2D eigenvalue weighted by Gasteiger charge is 2.20. The smallest absolute Gasteiger partial charge is 0.307 e. The topological polar surface area (TPSA) is 43.8 Å². The third-order valence-electron chi connectivity index (χ3n) is 3.98. The maximum atomic E-state index is 11.0. The van der Waals surface area contributed by atoms with Crippen molar-refractivity contribution < 1.29 is 9.90 Å². The van der Waals surface area contributed by atoms with Crippen LogP contribution in [0.3, 0.4) is 0 Å². The summed E-state index contributed by atoms with van der Waals surface area (Å²) in [5, 5.41) is 9.78. The minimum atomic E-state index is -0.763. The first-order valence-corrected chi connectivity index (χ1v) is 7.80. The predicted molar refractivity (Wildman–Crippen MR) is 86.0 cm³/mol. The lowest BCUT2D eigenvalue weighted by Gasteiger charge is -2.26. The van der Waals surface area contributed by atoms with Crippen molar-refractivity contribution in [2.75, 3.05) is 31.6 Å². The molecule has 0 aromatic heterocycles. The van der Waals surface area contributed by atoms with Gasteiger partial charge >= 0.3 is 5.97 Å². The SMILES string of the molecule is CC(CN(C)Cc1c(Cl)cccc1N1CCCC1)C(=O)O. The van der Waals surface area contributed by atoms with E-state index in [2.05, 4.69) is 11.0 Å². The van der Waals surface area contributed by atoms with Crippen molar-refractivity contribution >= 4 is 23.3 Å². The van der Waals surface area contributed by atoms with Gasteiger partial charge in [0, 0.05) is 42.5 Å². The molecule has 1 saturated heterocycles. The van der Waals surface area contributed by atoms with Crippen LogP contribution in [-0.4, -0.2) is 42.7 Å². The molecule has 1 atom stereocenters. The number of halogens is 1. The lowest BCUT2D eigenvalue weighted by atomic mass is 10.1. The summed E-state index contributed by atoms with van der Waals surface area (Å²) in [6.45, 7) is 5.06. The van der Waals surface area contributed by atoms with Crippen LogP contribution >= 0.6 is 11.6 Å². The summed E-state index contributed by atoms with van der Waals surface area (Å²) in [6.07, 6.45) is 2.44. The van der Waals surface area contributed by atoms with Gasteiger partial charge in [-0.2, -0.15) is 0 Å². The van der Waals surface area contributed by atoms with Gasteiger partial charge < -0.3 is 14.9 Å². The van der Waals surface area contributed by atoms with E-state index < -0.39 is 5.97 Å². The molecular formula is C16H23ClN2O2. The molecule has 1 aromatic carbocycles. The van der Waals surface area contributed by atoms with Crippen LogP contribution in [0.4, 0.5) is 5.69 Å². The molecule has 0 saturated carbocycles. The van der Waals surface area contributed by atoms with Gasteiger partial charge in [-0.15, -0.1) is 0 Å². The summed E-state index contributed by atoms with van der Waals surface area (Å²) in [6, 6.07) is 6.01. The molecular weight excluding hydrogens is 288 g/mol. The Morgan fingerprint density at radius 3 is 2.71 bits per heavy atom. The summed E-state index contributed by atoms with van der Waals surface area (Å²) >= 11 is 6.38. The Morgan fingerprint density at radius 1 is 1.43 bits per heavy atom. The summed E-state index contributed by atoms with van der Waals surface area (Å²) in [5.74, 6) is -1.14. The molecule has 1 aliphatic heterocycles. The van der Waals surface area contributed by atoms with Gasteiger partial charge in [-0.1, -0.05) is 24.6 Å². The number of carboxylic acids is 1. The van der Waals surface area contributed by atoms with Crippen LogP contribution in [0.15, 0.2) is 18.2 Å². The van der Waals surface area contributed by atoms with E-state index >= 15 is 0 Å². The molecule has 1 aromatic rings. The Kier molecular flexibility index (Phi) is 5.48. The van der Waals surface area contributed by atoms with Crippen molar-refractivity contribution in [2.24, 2.45) is 5.92 Å². The fourth-order valence-electron chi connectivity index (χ4n) is 2.84. The van der Waals surface area contributed by atoms with Crippen molar-refractivity contribution in [3.8, 4) is 0 Å². The second-order valence-corrected chi connectivity index (χ2v) is 6.27. The van der Waals surface area contributed by atoms with Gasteiger partial charge in [0.05, 0.1) is 5.92 Å². The number of carbonyl (C=O) groups is 1. The molecule has 21 heavy (non-hydrogen) atoms. The number of hydrogen-bond acceptors (Lipinski definition) is 3. The van der Waals surface area contributed by atoms with E-state index in [4.69, 9.17) is 16.7 Å². The molecule has 2 rings (SSSR count). The second kappa shape index (κ2) is 7.14. The third kappa shape index (κ3) is 4.11. The zero-order valence-corrected chi connectivity index (χ0v) is 13.4. The average molecular weight is 311 g/mol. The van der Waals surface area contributed by atoms with Crippen LogP contribution in [0, 0.1) is 5.92 Å². The summed E-state index contributed by atoms with van der Waals surface area (Å²) in [5.41, 5.74) is 2.29. The van der Waals surface area contributed by atoms with Crippen LogP contribution in [0.5, 0.6) is 0 Å². The fourth-order valence-corrected chi connectivity index (χ4v) is 3.07. The number of aliphatic carboxylic acids is 1. The molecule has 0 spiro atoms. The van der Waals surface area contributed by atoms with Gasteiger partial charge in [-0.25, -0.2) is 0 Å². The van der Waals surface area contributed by atoms with Crippen LogP contribution < -0.4 is 4.90 Å². The highest BCUT2D eigenvalue weighted by atomic mass is 35.5. The molecule has 116 valence electrons. The lowest BCUT2D eigenvalue weighted by Crippen LogP contribution is -2.29. The van der Waals surface area contributed by atoms with E-state index in [0.29, 0.717) is 13.1 Å². The predicted octanol–water partition coefficient (Wildman–Crippen LogP) is 3.09. The van der Waals surface area contributed by atoms with E-state index in [-0.39, 0.29) is 5.92 Å².